The highest BCUT2D eigenvalue weighted by atomic mass is 16.4. The molecule has 0 radical (unpaired) electrons. The van der Waals surface area contributed by atoms with Crippen molar-refractivity contribution in [1.29, 1.82) is 0 Å². The van der Waals surface area contributed by atoms with Crippen LogP contribution in [0.15, 0.2) is 12.2 Å². The summed E-state index contributed by atoms with van der Waals surface area (Å²) < 4.78 is 0. The van der Waals surface area contributed by atoms with Gasteiger partial charge in [-0.05, 0) is 19.4 Å². The minimum absolute atomic E-state index is 0.389. The summed E-state index contributed by atoms with van der Waals surface area (Å²) in [7, 11) is 0. The Labute approximate surface area is 76.6 Å². The van der Waals surface area contributed by atoms with E-state index in [4.69, 9.17) is 10.8 Å². The zero-order chi connectivity index (χ0) is 10.1. The van der Waals surface area contributed by atoms with Crippen LogP contribution in [0.2, 0.25) is 0 Å². The van der Waals surface area contributed by atoms with Gasteiger partial charge >= 0.3 is 5.97 Å². The van der Waals surface area contributed by atoms with E-state index < -0.39 is 5.97 Å². The highest BCUT2D eigenvalue weighted by Crippen LogP contribution is 1.82. The highest BCUT2D eigenvalue weighted by Gasteiger charge is 1.94. The van der Waals surface area contributed by atoms with Crippen LogP contribution < -0.4 is 11.1 Å². The van der Waals surface area contributed by atoms with Crippen LogP contribution in [0.3, 0.4) is 0 Å². The monoisotopic (exact) mass is 186 g/mol. The lowest BCUT2D eigenvalue weighted by atomic mass is 10.3. The molecule has 0 atom stereocenters. The molecule has 0 rings (SSSR count). The van der Waals surface area contributed by atoms with Gasteiger partial charge in [-0.25, -0.2) is 4.79 Å². The standard InChI is InChI=1S/C8H14N2O3/c9-5-1-2-6-10-7(11)3-4-8(12)13/h3-4H,1-2,5-6,9H2,(H,10,11)(H,12,13)/b4-3+. The van der Waals surface area contributed by atoms with Crippen molar-refractivity contribution in [3.8, 4) is 0 Å². The fraction of sp³-hybridized carbons (Fsp3) is 0.500. The van der Waals surface area contributed by atoms with E-state index in [2.05, 4.69) is 5.32 Å². The molecule has 0 aromatic heterocycles. The van der Waals surface area contributed by atoms with Gasteiger partial charge in [0.1, 0.15) is 0 Å². The lowest BCUT2D eigenvalue weighted by molar-refractivity contribution is -0.131. The van der Waals surface area contributed by atoms with Gasteiger partial charge in [0, 0.05) is 18.7 Å². The van der Waals surface area contributed by atoms with Crippen LogP contribution in [0, 0.1) is 0 Å². The Bertz CT molecular complexity index is 202. The van der Waals surface area contributed by atoms with Crippen LogP contribution >= 0.6 is 0 Å². The molecule has 0 aliphatic heterocycles. The first-order valence-corrected chi connectivity index (χ1v) is 4.05. The molecule has 13 heavy (non-hydrogen) atoms. The van der Waals surface area contributed by atoms with Crippen molar-refractivity contribution in [2.24, 2.45) is 5.73 Å². The van der Waals surface area contributed by atoms with Gasteiger partial charge in [0.2, 0.25) is 5.91 Å². The van der Waals surface area contributed by atoms with Gasteiger partial charge < -0.3 is 16.2 Å². The minimum atomic E-state index is -1.13. The number of carboxylic acids is 1. The smallest absolute Gasteiger partial charge is 0.328 e. The quantitative estimate of drug-likeness (QED) is 0.384. The number of hydrogen-bond donors (Lipinski definition) is 3. The molecule has 0 saturated heterocycles. The van der Waals surface area contributed by atoms with E-state index in [0.717, 1.165) is 25.0 Å². The lowest BCUT2D eigenvalue weighted by Gasteiger charge is -1.99. The van der Waals surface area contributed by atoms with Crippen LogP contribution in [0.4, 0.5) is 0 Å². The fourth-order valence-electron chi connectivity index (χ4n) is 0.687. The van der Waals surface area contributed by atoms with Crippen molar-refractivity contribution in [3.05, 3.63) is 12.2 Å². The average Bonchev–Trinajstić information content (AvgIpc) is 2.09. The van der Waals surface area contributed by atoms with E-state index >= 15 is 0 Å². The SMILES string of the molecule is NCCCCNC(=O)/C=C/C(=O)O. The second-order valence-electron chi connectivity index (χ2n) is 2.46. The maximum atomic E-state index is 10.8. The van der Waals surface area contributed by atoms with E-state index in [1.165, 1.54) is 0 Å². The molecule has 5 heteroatoms. The van der Waals surface area contributed by atoms with Crippen molar-refractivity contribution >= 4 is 11.9 Å². The molecule has 0 aliphatic rings. The summed E-state index contributed by atoms with van der Waals surface area (Å²) in [6, 6.07) is 0. The maximum Gasteiger partial charge on any atom is 0.328 e. The molecule has 0 spiro atoms. The number of nitrogens with one attached hydrogen (secondary N) is 1. The zero-order valence-electron chi connectivity index (χ0n) is 7.32. The number of unbranched alkanes of at least 4 members (excludes halogenated alkanes) is 1. The topological polar surface area (TPSA) is 92.4 Å². The zero-order valence-corrected chi connectivity index (χ0v) is 7.32. The van der Waals surface area contributed by atoms with Gasteiger partial charge in [-0.3, -0.25) is 4.79 Å². The number of carbonyl (C=O) groups excluding carboxylic acids is 1. The summed E-state index contributed by atoms with van der Waals surface area (Å²) in [6.45, 7) is 1.13. The number of aliphatic carboxylic acids is 1. The summed E-state index contributed by atoms with van der Waals surface area (Å²) in [4.78, 5) is 20.8. The van der Waals surface area contributed by atoms with Crippen molar-refractivity contribution in [1.82, 2.24) is 5.32 Å². The molecule has 0 aromatic rings. The van der Waals surface area contributed by atoms with Gasteiger partial charge in [-0.2, -0.15) is 0 Å². The number of carbonyl (C=O) groups is 2. The van der Waals surface area contributed by atoms with E-state index in [1.54, 1.807) is 0 Å². The molecule has 0 fully saturated rings. The van der Waals surface area contributed by atoms with Gasteiger partial charge in [0.15, 0.2) is 0 Å². The molecular formula is C8H14N2O3. The van der Waals surface area contributed by atoms with Gasteiger partial charge in [0.05, 0.1) is 0 Å². The molecule has 1 amide bonds. The largest absolute Gasteiger partial charge is 0.478 e. The summed E-state index contributed by atoms with van der Waals surface area (Å²) in [6.07, 6.45) is 3.45. The second kappa shape index (κ2) is 7.30. The molecule has 74 valence electrons. The molecular weight excluding hydrogens is 172 g/mol. The Morgan fingerprint density at radius 1 is 1.31 bits per heavy atom. The highest BCUT2D eigenvalue weighted by molar-refractivity contribution is 5.93. The third-order valence-electron chi connectivity index (χ3n) is 1.31. The van der Waals surface area contributed by atoms with Gasteiger partial charge in [-0.15, -0.1) is 0 Å². The minimum Gasteiger partial charge on any atom is -0.478 e. The van der Waals surface area contributed by atoms with Gasteiger partial charge in [-0.1, -0.05) is 0 Å². The van der Waals surface area contributed by atoms with E-state index in [1.807, 2.05) is 0 Å². The van der Waals surface area contributed by atoms with E-state index in [9.17, 15) is 9.59 Å². The normalized spacial score (nSPS) is 10.2. The van der Waals surface area contributed by atoms with Crippen LogP contribution in [0.25, 0.3) is 0 Å². The Morgan fingerprint density at radius 2 is 2.00 bits per heavy atom. The Balaban J connectivity index is 3.46. The van der Waals surface area contributed by atoms with Crippen LogP contribution in [0.1, 0.15) is 12.8 Å². The predicted octanol–water partition coefficient (Wildman–Crippen LogP) is -0.518. The summed E-state index contributed by atoms with van der Waals surface area (Å²) in [5.41, 5.74) is 5.24. The average molecular weight is 186 g/mol. The van der Waals surface area contributed by atoms with Gasteiger partial charge in [0.25, 0.3) is 0 Å². The van der Waals surface area contributed by atoms with Crippen molar-refractivity contribution in [2.45, 2.75) is 12.8 Å². The number of hydrogen-bond acceptors (Lipinski definition) is 3. The van der Waals surface area contributed by atoms with Crippen molar-refractivity contribution in [2.75, 3.05) is 13.1 Å². The van der Waals surface area contributed by atoms with E-state index in [0.29, 0.717) is 13.1 Å². The Hall–Kier alpha value is -1.36. The predicted molar refractivity (Wildman–Crippen MR) is 48.1 cm³/mol. The van der Waals surface area contributed by atoms with Crippen LogP contribution in [-0.2, 0) is 9.59 Å². The third kappa shape index (κ3) is 8.55. The van der Waals surface area contributed by atoms with Crippen molar-refractivity contribution < 1.29 is 14.7 Å². The molecule has 0 bridgehead atoms. The number of nitrogens with two attached hydrogens (primary N) is 1. The molecule has 0 unspecified atom stereocenters. The molecule has 0 aromatic carbocycles. The number of rotatable bonds is 6. The van der Waals surface area contributed by atoms with Crippen LogP contribution in [0.5, 0.6) is 0 Å². The molecule has 0 heterocycles. The molecule has 5 nitrogen and oxygen atoms in total. The number of amides is 1. The first-order valence-electron chi connectivity index (χ1n) is 4.05. The third-order valence-corrected chi connectivity index (χ3v) is 1.31. The van der Waals surface area contributed by atoms with Crippen LogP contribution in [-0.4, -0.2) is 30.1 Å². The maximum absolute atomic E-state index is 10.8. The Kier molecular flexibility index (Phi) is 6.53. The summed E-state index contributed by atoms with van der Waals surface area (Å²) >= 11 is 0. The number of carboxylic acid groups (broad SMARTS) is 1. The first-order chi connectivity index (χ1) is 6.16. The summed E-state index contributed by atoms with van der Waals surface area (Å²) in [5.74, 6) is -1.52. The molecule has 4 N–H and O–H groups in total. The summed E-state index contributed by atoms with van der Waals surface area (Å²) in [5, 5.41) is 10.7. The van der Waals surface area contributed by atoms with Crippen molar-refractivity contribution in [3.63, 3.8) is 0 Å². The lowest BCUT2D eigenvalue weighted by Crippen LogP contribution is -2.22. The fourth-order valence-corrected chi connectivity index (χ4v) is 0.687. The van der Waals surface area contributed by atoms with E-state index in [-0.39, 0.29) is 5.91 Å². The Morgan fingerprint density at radius 3 is 2.54 bits per heavy atom. The molecule has 0 aliphatic carbocycles. The first kappa shape index (κ1) is 11.6. The second-order valence-corrected chi connectivity index (χ2v) is 2.46. The molecule has 0 saturated carbocycles.